The summed E-state index contributed by atoms with van der Waals surface area (Å²) < 4.78 is 12.7. The van der Waals surface area contributed by atoms with Crippen molar-refractivity contribution in [2.45, 2.75) is 45.7 Å². The molecule has 2 rings (SSSR count). The van der Waals surface area contributed by atoms with Gasteiger partial charge in [0.05, 0.1) is 5.54 Å². The summed E-state index contributed by atoms with van der Waals surface area (Å²) in [6.45, 7) is 8.50. The third-order valence-electron chi connectivity index (χ3n) is 3.24. The normalized spacial score (nSPS) is 16.8. The largest absolute Gasteiger partial charge is 0.550 e. The maximum absolute atomic E-state index is 12.7. The molecule has 22 heavy (non-hydrogen) atoms. The molecule has 3 N–H and O–H groups in total. The Morgan fingerprint density at radius 1 is 1.27 bits per heavy atom. The summed E-state index contributed by atoms with van der Waals surface area (Å²) in [5.74, 6) is -1.48. The van der Waals surface area contributed by atoms with Gasteiger partial charge in [0, 0.05) is 18.4 Å². The molecule has 5 heteroatoms. The lowest BCUT2D eigenvalue weighted by molar-refractivity contribution is -0.458. The Morgan fingerprint density at radius 2 is 1.73 bits per heavy atom. The van der Waals surface area contributed by atoms with Crippen molar-refractivity contribution in [1.82, 2.24) is 4.90 Å². The van der Waals surface area contributed by atoms with E-state index in [1.807, 2.05) is 0 Å². The molecular weight excluding hydrogens is 283 g/mol. The zero-order valence-electron chi connectivity index (χ0n) is 13.8. The third kappa shape index (κ3) is 8.10. The minimum absolute atomic E-state index is 0.232. The molecule has 4 nitrogen and oxygen atoms in total. The summed E-state index contributed by atoms with van der Waals surface area (Å²) in [6.07, 6.45) is 1.28. The molecule has 0 amide bonds. The lowest BCUT2D eigenvalue weighted by atomic mass is 9.97. The van der Waals surface area contributed by atoms with Crippen LogP contribution in [0.25, 0.3) is 0 Å². The number of piperidine rings is 1. The molecule has 0 aliphatic carbocycles. The minimum atomic E-state index is -0.938. The van der Waals surface area contributed by atoms with E-state index in [0.717, 1.165) is 25.2 Å². The number of benzene rings is 1. The number of carboxylic acid groups (broad SMARTS) is 1. The fraction of sp³-hybridized carbons (Fsp3) is 0.588. The van der Waals surface area contributed by atoms with E-state index in [4.69, 9.17) is 0 Å². The Balaban J connectivity index is 0.000000422. The van der Waals surface area contributed by atoms with Crippen LogP contribution < -0.4 is 10.8 Å². The number of rotatable bonds is 3. The van der Waals surface area contributed by atoms with Gasteiger partial charge in [-0.25, -0.2) is 4.39 Å². The molecule has 1 aromatic carbocycles. The Bertz CT molecular complexity index is 455. The monoisotopic (exact) mass is 310 g/mol. The van der Waals surface area contributed by atoms with Crippen LogP contribution in [-0.4, -0.2) is 29.5 Å². The lowest BCUT2D eigenvalue weighted by Gasteiger charge is -2.32. The highest BCUT2D eigenvalue weighted by atomic mass is 19.1. The van der Waals surface area contributed by atoms with E-state index in [2.05, 4.69) is 31.4 Å². The highest BCUT2D eigenvalue weighted by molar-refractivity contribution is 5.67. The lowest BCUT2D eigenvalue weighted by Crippen LogP contribution is -2.67. The van der Waals surface area contributed by atoms with Crippen LogP contribution >= 0.6 is 0 Å². The van der Waals surface area contributed by atoms with Gasteiger partial charge >= 0.3 is 0 Å². The summed E-state index contributed by atoms with van der Waals surface area (Å²) in [4.78, 5) is 12.9. The van der Waals surface area contributed by atoms with Gasteiger partial charge < -0.3 is 15.6 Å². The first-order chi connectivity index (χ1) is 10.1. The third-order valence-corrected chi connectivity index (χ3v) is 3.24. The van der Waals surface area contributed by atoms with Crippen molar-refractivity contribution < 1.29 is 20.0 Å². The Labute approximate surface area is 132 Å². The van der Waals surface area contributed by atoms with Gasteiger partial charge in [0.25, 0.3) is 0 Å². The topological polar surface area (TPSA) is 71.0 Å². The maximum atomic E-state index is 12.7. The molecule has 0 atom stereocenters. The van der Waals surface area contributed by atoms with Crippen molar-refractivity contribution in [3.63, 3.8) is 0 Å². The van der Waals surface area contributed by atoms with Crippen LogP contribution in [0, 0.1) is 11.7 Å². The van der Waals surface area contributed by atoms with Crippen LogP contribution in [0.2, 0.25) is 0 Å². The molecule has 124 valence electrons. The average molecular weight is 310 g/mol. The number of halogens is 1. The SMILES string of the molecule is CC(C)(C)[NH3+].O=C([O-])C1CCN(Cc2ccc(F)cc2)CC1. The van der Waals surface area contributed by atoms with Gasteiger partial charge in [-0.05, 0) is 64.4 Å². The van der Waals surface area contributed by atoms with Crippen molar-refractivity contribution in [2.75, 3.05) is 13.1 Å². The number of carbonyl (C=O) groups excluding carboxylic acids is 1. The van der Waals surface area contributed by atoms with Gasteiger partial charge in [-0.3, -0.25) is 4.90 Å². The van der Waals surface area contributed by atoms with Crippen LogP contribution in [0.15, 0.2) is 24.3 Å². The van der Waals surface area contributed by atoms with Crippen LogP contribution in [0.3, 0.4) is 0 Å². The number of hydrogen-bond acceptors (Lipinski definition) is 3. The molecule has 0 aromatic heterocycles. The summed E-state index contributed by atoms with van der Waals surface area (Å²) in [6, 6.07) is 6.42. The minimum Gasteiger partial charge on any atom is -0.550 e. The Kier molecular flexibility index (Phi) is 6.97. The van der Waals surface area contributed by atoms with Gasteiger partial charge in [-0.1, -0.05) is 12.1 Å². The van der Waals surface area contributed by atoms with E-state index in [9.17, 15) is 14.3 Å². The van der Waals surface area contributed by atoms with Crippen molar-refractivity contribution in [3.05, 3.63) is 35.6 Å². The fourth-order valence-electron chi connectivity index (χ4n) is 2.17. The predicted molar refractivity (Wildman–Crippen MR) is 82.0 cm³/mol. The average Bonchev–Trinajstić information content (AvgIpc) is 2.40. The van der Waals surface area contributed by atoms with E-state index in [1.54, 1.807) is 12.1 Å². The zero-order chi connectivity index (χ0) is 16.8. The first-order valence-corrected chi connectivity index (χ1v) is 7.68. The second kappa shape index (κ2) is 8.25. The number of nitrogens with zero attached hydrogens (tertiary/aromatic N) is 1. The molecule has 1 heterocycles. The molecule has 0 bridgehead atoms. The second-order valence-corrected chi connectivity index (χ2v) is 7.06. The van der Waals surface area contributed by atoms with E-state index in [1.165, 1.54) is 12.1 Å². The summed E-state index contributed by atoms with van der Waals surface area (Å²) in [7, 11) is 0. The van der Waals surface area contributed by atoms with Crippen molar-refractivity contribution in [2.24, 2.45) is 5.92 Å². The van der Waals surface area contributed by atoms with Crippen LogP contribution in [-0.2, 0) is 11.3 Å². The molecule has 1 aromatic rings. The predicted octanol–water partition coefficient (Wildman–Crippen LogP) is 0.814. The van der Waals surface area contributed by atoms with Crippen LogP contribution in [0.1, 0.15) is 39.2 Å². The Morgan fingerprint density at radius 3 is 2.14 bits per heavy atom. The van der Waals surface area contributed by atoms with Crippen LogP contribution in [0.4, 0.5) is 4.39 Å². The molecule has 1 aliphatic rings. The first kappa shape index (κ1) is 18.6. The van der Waals surface area contributed by atoms with Gasteiger partial charge in [-0.2, -0.15) is 0 Å². The second-order valence-electron chi connectivity index (χ2n) is 7.06. The van der Waals surface area contributed by atoms with Gasteiger partial charge in [0.1, 0.15) is 5.82 Å². The van der Waals surface area contributed by atoms with E-state index in [0.29, 0.717) is 12.8 Å². The van der Waals surface area contributed by atoms with Crippen molar-refractivity contribution >= 4 is 5.97 Å². The first-order valence-electron chi connectivity index (χ1n) is 7.68. The van der Waals surface area contributed by atoms with E-state index >= 15 is 0 Å². The summed E-state index contributed by atoms with van der Waals surface area (Å²) in [5.41, 5.74) is 5.07. The molecule has 1 saturated heterocycles. The molecule has 0 unspecified atom stereocenters. The van der Waals surface area contributed by atoms with Gasteiger partial charge in [0.2, 0.25) is 0 Å². The summed E-state index contributed by atoms with van der Waals surface area (Å²) >= 11 is 0. The number of likely N-dealkylation sites (tertiary alicyclic amines) is 1. The van der Waals surface area contributed by atoms with Gasteiger partial charge in [0.15, 0.2) is 0 Å². The van der Waals surface area contributed by atoms with Crippen molar-refractivity contribution in [1.29, 1.82) is 0 Å². The van der Waals surface area contributed by atoms with Crippen molar-refractivity contribution in [3.8, 4) is 0 Å². The number of carbonyl (C=O) groups is 1. The summed E-state index contributed by atoms with van der Waals surface area (Å²) in [5, 5.41) is 10.7. The maximum Gasteiger partial charge on any atom is 0.123 e. The zero-order valence-corrected chi connectivity index (χ0v) is 13.8. The van der Waals surface area contributed by atoms with Crippen LogP contribution in [0.5, 0.6) is 0 Å². The number of quaternary nitrogens is 1. The number of aliphatic carboxylic acids is 1. The molecule has 1 aliphatic heterocycles. The number of hydrogen-bond donors (Lipinski definition) is 1. The molecule has 0 radical (unpaired) electrons. The molecular formula is C17H27FN2O2. The van der Waals surface area contributed by atoms with E-state index < -0.39 is 5.97 Å². The highest BCUT2D eigenvalue weighted by Gasteiger charge is 2.19. The van der Waals surface area contributed by atoms with E-state index in [-0.39, 0.29) is 17.3 Å². The molecule has 0 spiro atoms. The smallest absolute Gasteiger partial charge is 0.123 e. The standard InChI is InChI=1S/C13H16FNO2.C4H11N/c14-12-3-1-10(2-4-12)9-15-7-5-11(6-8-15)13(16)17;1-4(2,3)5/h1-4,11H,5-9H2,(H,16,17);5H2,1-3H3. The Hall–Kier alpha value is -1.46. The highest BCUT2D eigenvalue weighted by Crippen LogP contribution is 2.18. The molecule has 1 fully saturated rings. The fourth-order valence-corrected chi connectivity index (χ4v) is 2.17. The molecule has 0 saturated carbocycles. The van der Waals surface area contributed by atoms with Gasteiger partial charge in [-0.15, -0.1) is 0 Å². The quantitative estimate of drug-likeness (QED) is 0.898. The number of carboxylic acids is 1.